The highest BCUT2D eigenvalue weighted by molar-refractivity contribution is 5.86. The van der Waals surface area contributed by atoms with Gasteiger partial charge in [-0.3, -0.25) is 9.36 Å². The maximum atomic E-state index is 13.6. The molecule has 3 rings (SSSR count). The number of carbonyl (C=O) groups excluding carboxylic acids is 2. The lowest BCUT2D eigenvalue weighted by atomic mass is 10.1. The summed E-state index contributed by atoms with van der Waals surface area (Å²) in [7, 11) is 0. The first-order valence-electron chi connectivity index (χ1n) is 9.07. The number of fused-ring (bicyclic) bond motifs is 1. The van der Waals surface area contributed by atoms with Crippen LogP contribution >= 0.6 is 0 Å². The molecule has 0 spiro atoms. The standard InChI is InChI=1S/C19H23F2N3O3/c1-11(2)17(25)23-10-6-9-15(23)18(26)27-12(3)16-22-13-7-4-5-8-14(13)24(16)19(20)21/h4-5,7-8,11-12,15,19H,6,9-10H2,1-3H3. The Morgan fingerprint density at radius 3 is 2.59 bits per heavy atom. The maximum Gasteiger partial charge on any atom is 0.329 e. The Hall–Kier alpha value is -2.51. The molecule has 1 aromatic heterocycles. The average molecular weight is 379 g/mol. The summed E-state index contributed by atoms with van der Waals surface area (Å²) in [5.74, 6) is -0.929. The van der Waals surface area contributed by atoms with Crippen molar-refractivity contribution in [1.82, 2.24) is 14.5 Å². The highest BCUT2D eigenvalue weighted by atomic mass is 19.3. The molecule has 1 aromatic carbocycles. The Morgan fingerprint density at radius 1 is 1.22 bits per heavy atom. The van der Waals surface area contributed by atoms with Crippen LogP contribution in [0.15, 0.2) is 24.3 Å². The first-order chi connectivity index (χ1) is 12.8. The van der Waals surface area contributed by atoms with E-state index in [0.717, 1.165) is 4.57 Å². The number of alkyl halides is 2. The first kappa shape index (κ1) is 19.3. The molecule has 1 saturated heterocycles. The van der Waals surface area contributed by atoms with Crippen LogP contribution in [-0.4, -0.2) is 38.9 Å². The van der Waals surface area contributed by atoms with Crippen molar-refractivity contribution in [3.05, 3.63) is 30.1 Å². The first-order valence-corrected chi connectivity index (χ1v) is 9.07. The number of likely N-dealkylation sites (tertiary alicyclic amines) is 1. The van der Waals surface area contributed by atoms with E-state index in [1.807, 2.05) is 0 Å². The third-order valence-electron chi connectivity index (χ3n) is 4.78. The molecule has 2 unspecified atom stereocenters. The van der Waals surface area contributed by atoms with Gasteiger partial charge in [0, 0.05) is 12.5 Å². The van der Waals surface area contributed by atoms with Gasteiger partial charge in [0.1, 0.15) is 6.04 Å². The largest absolute Gasteiger partial charge is 0.453 e. The molecule has 0 N–H and O–H groups in total. The van der Waals surface area contributed by atoms with Gasteiger partial charge in [0.05, 0.1) is 11.0 Å². The molecule has 27 heavy (non-hydrogen) atoms. The van der Waals surface area contributed by atoms with Gasteiger partial charge in [-0.05, 0) is 31.9 Å². The molecular weight excluding hydrogens is 356 g/mol. The van der Waals surface area contributed by atoms with E-state index in [1.54, 1.807) is 38.1 Å². The zero-order chi connectivity index (χ0) is 19.7. The van der Waals surface area contributed by atoms with E-state index in [2.05, 4.69) is 4.98 Å². The van der Waals surface area contributed by atoms with Crippen LogP contribution in [0, 0.1) is 5.92 Å². The minimum atomic E-state index is -2.81. The summed E-state index contributed by atoms with van der Waals surface area (Å²) in [5.41, 5.74) is 0.691. The number of ether oxygens (including phenoxy) is 1. The SMILES string of the molecule is CC(C)C(=O)N1CCCC1C(=O)OC(C)c1nc2ccccc2n1C(F)F. The molecule has 6 nitrogen and oxygen atoms in total. The number of nitrogens with zero attached hydrogens (tertiary/aromatic N) is 3. The van der Waals surface area contributed by atoms with E-state index < -0.39 is 24.7 Å². The molecule has 1 aliphatic rings. The number of amides is 1. The van der Waals surface area contributed by atoms with Crippen LogP contribution in [-0.2, 0) is 14.3 Å². The molecular formula is C19H23F2N3O3. The van der Waals surface area contributed by atoms with E-state index in [0.29, 0.717) is 24.9 Å². The fourth-order valence-corrected chi connectivity index (χ4v) is 3.47. The van der Waals surface area contributed by atoms with Crippen LogP contribution < -0.4 is 0 Å². The monoisotopic (exact) mass is 379 g/mol. The summed E-state index contributed by atoms with van der Waals surface area (Å²) in [6, 6.07) is 5.86. The van der Waals surface area contributed by atoms with E-state index in [1.165, 1.54) is 11.8 Å². The van der Waals surface area contributed by atoms with E-state index in [4.69, 9.17) is 4.74 Å². The summed E-state index contributed by atoms with van der Waals surface area (Å²) in [6.07, 6.45) is 0.257. The number of hydrogen-bond acceptors (Lipinski definition) is 4. The number of esters is 1. The summed E-state index contributed by atoms with van der Waals surface area (Å²) in [5, 5.41) is 0. The Bertz CT molecular complexity index is 850. The molecule has 2 heterocycles. The second kappa shape index (κ2) is 7.62. The summed E-state index contributed by atoms with van der Waals surface area (Å²) in [6.45, 7) is 2.76. The third kappa shape index (κ3) is 3.65. The van der Waals surface area contributed by atoms with Crippen LogP contribution in [0.4, 0.5) is 8.78 Å². The predicted octanol–water partition coefficient (Wildman–Crippen LogP) is 3.68. The fraction of sp³-hybridized carbons (Fsp3) is 0.526. The van der Waals surface area contributed by atoms with Crippen LogP contribution in [0.2, 0.25) is 0 Å². The van der Waals surface area contributed by atoms with Gasteiger partial charge in [-0.15, -0.1) is 0 Å². The van der Waals surface area contributed by atoms with Gasteiger partial charge in [0.25, 0.3) is 0 Å². The second-order valence-corrected chi connectivity index (χ2v) is 7.03. The van der Waals surface area contributed by atoms with Crippen LogP contribution in [0.5, 0.6) is 0 Å². The second-order valence-electron chi connectivity index (χ2n) is 7.03. The van der Waals surface area contributed by atoms with Gasteiger partial charge in [-0.2, -0.15) is 8.78 Å². The topological polar surface area (TPSA) is 64.4 Å². The number of benzene rings is 1. The van der Waals surface area contributed by atoms with Gasteiger partial charge in [-0.25, -0.2) is 9.78 Å². The van der Waals surface area contributed by atoms with E-state index in [9.17, 15) is 18.4 Å². The van der Waals surface area contributed by atoms with Crippen molar-refractivity contribution in [2.75, 3.05) is 6.54 Å². The number of carbonyl (C=O) groups is 2. The quantitative estimate of drug-likeness (QED) is 0.744. The number of imidazole rings is 1. The van der Waals surface area contributed by atoms with Gasteiger partial charge in [0.15, 0.2) is 11.9 Å². The molecule has 2 aromatic rings. The zero-order valence-electron chi connectivity index (χ0n) is 15.6. The zero-order valence-corrected chi connectivity index (χ0v) is 15.6. The molecule has 1 fully saturated rings. The summed E-state index contributed by atoms with van der Waals surface area (Å²) in [4.78, 5) is 30.6. The molecule has 0 radical (unpaired) electrons. The van der Waals surface area contributed by atoms with E-state index in [-0.39, 0.29) is 23.2 Å². The van der Waals surface area contributed by atoms with Crippen molar-refractivity contribution in [3.8, 4) is 0 Å². The van der Waals surface area contributed by atoms with Crippen LogP contribution in [0.3, 0.4) is 0 Å². The lowest BCUT2D eigenvalue weighted by molar-refractivity contribution is -0.159. The van der Waals surface area contributed by atoms with Crippen LogP contribution in [0.1, 0.15) is 52.1 Å². The Morgan fingerprint density at radius 2 is 1.93 bits per heavy atom. The van der Waals surface area contributed by atoms with Crippen molar-refractivity contribution in [1.29, 1.82) is 0 Å². The van der Waals surface area contributed by atoms with Crippen molar-refractivity contribution in [3.63, 3.8) is 0 Å². The number of aromatic nitrogens is 2. The predicted molar refractivity (Wildman–Crippen MR) is 95.1 cm³/mol. The summed E-state index contributed by atoms with van der Waals surface area (Å²) < 4.78 is 33.4. The smallest absolute Gasteiger partial charge is 0.329 e. The molecule has 1 aliphatic heterocycles. The molecule has 0 bridgehead atoms. The highest BCUT2D eigenvalue weighted by Gasteiger charge is 2.37. The average Bonchev–Trinajstić information content (AvgIpc) is 3.25. The molecule has 146 valence electrons. The Balaban J connectivity index is 1.82. The lowest BCUT2D eigenvalue weighted by Gasteiger charge is -2.26. The van der Waals surface area contributed by atoms with Gasteiger partial charge < -0.3 is 9.64 Å². The normalized spacial score (nSPS) is 18.5. The number of rotatable bonds is 5. The van der Waals surface area contributed by atoms with Crippen molar-refractivity contribution < 1.29 is 23.1 Å². The van der Waals surface area contributed by atoms with Crippen molar-refractivity contribution in [2.24, 2.45) is 5.92 Å². The number of hydrogen-bond donors (Lipinski definition) is 0. The van der Waals surface area contributed by atoms with Gasteiger partial charge in [0.2, 0.25) is 5.91 Å². The highest BCUT2D eigenvalue weighted by Crippen LogP contribution is 2.29. The third-order valence-corrected chi connectivity index (χ3v) is 4.78. The maximum absolute atomic E-state index is 13.6. The minimum Gasteiger partial charge on any atom is -0.453 e. The van der Waals surface area contributed by atoms with Crippen LogP contribution in [0.25, 0.3) is 11.0 Å². The molecule has 8 heteroatoms. The molecule has 0 aliphatic carbocycles. The Kier molecular flexibility index (Phi) is 5.43. The Labute approximate surface area is 156 Å². The van der Waals surface area contributed by atoms with Gasteiger partial charge >= 0.3 is 12.5 Å². The number of halogens is 2. The van der Waals surface area contributed by atoms with Gasteiger partial charge in [-0.1, -0.05) is 26.0 Å². The molecule has 0 saturated carbocycles. The fourth-order valence-electron chi connectivity index (χ4n) is 3.47. The molecule has 1 amide bonds. The summed E-state index contributed by atoms with van der Waals surface area (Å²) >= 11 is 0. The number of para-hydroxylation sites is 2. The van der Waals surface area contributed by atoms with Crippen molar-refractivity contribution >= 4 is 22.9 Å². The minimum absolute atomic E-state index is 0.0146. The lowest BCUT2D eigenvalue weighted by Crippen LogP contribution is -2.43. The van der Waals surface area contributed by atoms with E-state index >= 15 is 0 Å². The molecule has 2 atom stereocenters. The van der Waals surface area contributed by atoms with Crippen molar-refractivity contribution in [2.45, 2.75) is 52.3 Å².